The van der Waals surface area contributed by atoms with E-state index < -0.39 is 0 Å². The Balaban J connectivity index is 0.000000209. The molecular formula is C105H168O7. The van der Waals surface area contributed by atoms with E-state index in [1.807, 2.05) is 79.7 Å². The molecule has 3 N–H and O–H groups in total. The number of rotatable bonds is 18. The molecule has 8 saturated carbocycles. The van der Waals surface area contributed by atoms with Crippen LogP contribution in [0, 0.1) is 102 Å². The van der Waals surface area contributed by atoms with Gasteiger partial charge in [0, 0.05) is 32.1 Å². The van der Waals surface area contributed by atoms with E-state index in [9.17, 15) is 9.59 Å². The standard InChI is InChI=1S/C22H40.C19H18O2.C18H16O2.C17H32.C16H30.C10H20.3CH4O/c1-3-17-5-9-19(10-6-17)21-13-15-22(16-14-21)20-11-7-18(4-2)8-12-20;1-3-13-5-8-15(9-6-13)17-12-16-10-7-14(4-2)11-18(16)21-19(17)20;1-3-13-6-9-15-11-16(18(19)20-17(15)10-13)14-7-4-12(2)5-8-14;1-3-14-5-9-16(10-6-14)13-17-11-7-15(4-2)8-12-17;1-3-13-5-9-15(10-6-13)16-11-7-14(4-2)8-12-16;1-3-9-5-7-10(4-2)8-6-9;3*1-2/h17-22H,3-16H2,1-2H3;5-12H,3-4H2,1-2H3;4-11H,3H2,1-2H3;14-17H,3-13H2,1-2H3;13-16H,3-12H2,1-2H3;9-10H,3-8H2,1-2H3;3*2H,1H3. The van der Waals surface area contributed by atoms with Gasteiger partial charge in [-0.2, -0.15) is 0 Å². The Labute approximate surface area is 686 Å². The first kappa shape index (κ1) is 96.0. The van der Waals surface area contributed by atoms with E-state index in [2.05, 4.69) is 100 Å². The van der Waals surface area contributed by atoms with Crippen molar-refractivity contribution in [3.63, 3.8) is 0 Å². The first-order valence-corrected chi connectivity index (χ1v) is 47.3. The number of aliphatic hydroxyl groups excluding tert-OH is 3. The van der Waals surface area contributed by atoms with Crippen LogP contribution >= 0.6 is 0 Å². The molecule has 630 valence electrons. The van der Waals surface area contributed by atoms with Crippen LogP contribution in [-0.2, 0) is 19.3 Å². The van der Waals surface area contributed by atoms with Gasteiger partial charge in [-0.3, -0.25) is 0 Å². The lowest BCUT2D eigenvalue weighted by molar-refractivity contribution is 0.104. The molecule has 7 heteroatoms. The zero-order chi connectivity index (χ0) is 81.2. The van der Waals surface area contributed by atoms with Crippen LogP contribution in [0.15, 0.2) is 115 Å². The minimum absolute atomic E-state index is 0.278. The molecular weight excluding hydrogens is 1370 g/mol. The van der Waals surface area contributed by atoms with E-state index in [0.29, 0.717) is 22.3 Å². The highest BCUT2D eigenvalue weighted by atomic mass is 16.4. The van der Waals surface area contributed by atoms with Crippen molar-refractivity contribution in [2.45, 2.75) is 366 Å². The van der Waals surface area contributed by atoms with E-state index >= 15 is 0 Å². The largest absolute Gasteiger partial charge is 0.422 e. The second kappa shape index (κ2) is 54.2. The van der Waals surface area contributed by atoms with Gasteiger partial charge in [0.15, 0.2) is 0 Å². The van der Waals surface area contributed by atoms with Gasteiger partial charge in [-0.05, 0) is 256 Å². The fourth-order valence-electron chi connectivity index (χ4n) is 21.4. The lowest BCUT2D eigenvalue weighted by Gasteiger charge is -2.41. The molecule has 6 aromatic rings. The molecule has 8 aliphatic carbocycles. The van der Waals surface area contributed by atoms with Crippen LogP contribution in [0.1, 0.15) is 362 Å². The van der Waals surface area contributed by atoms with Crippen molar-refractivity contribution in [1.82, 2.24) is 0 Å². The van der Waals surface area contributed by atoms with Gasteiger partial charge in [-0.1, -0.05) is 334 Å². The average Bonchev–Trinajstić information content (AvgIpc) is 0.785. The van der Waals surface area contributed by atoms with Crippen LogP contribution in [-0.4, -0.2) is 36.6 Å². The van der Waals surface area contributed by atoms with Gasteiger partial charge in [0.25, 0.3) is 0 Å². The number of hydrogen-bond acceptors (Lipinski definition) is 7. The third-order valence-corrected chi connectivity index (χ3v) is 30.0. The summed E-state index contributed by atoms with van der Waals surface area (Å²) < 4.78 is 11.0. The van der Waals surface area contributed by atoms with Crippen molar-refractivity contribution in [3.05, 3.63) is 140 Å². The monoisotopic (exact) mass is 1540 g/mol. The smallest absolute Gasteiger partial charge is 0.344 e. The van der Waals surface area contributed by atoms with Gasteiger partial charge in [0.1, 0.15) is 11.2 Å². The van der Waals surface area contributed by atoms with Crippen LogP contribution in [0.5, 0.6) is 0 Å². The SMILES string of the molecule is CCC1CCC(C2CCC(C3CCC(CC)CC3)CC2)CC1.CCC1CCC(C2CCC(CC)CC2)CC1.CCC1CCC(CC)CC1.CCC1CCC(CC2CCC(CC)CC2)CC1.CCc1ccc(-c2cc3ccc(CC)cc3oc2=O)cc1.CCc1ccc2cc(-c3ccc(C)cc3)c(=O)oc2c1.CO.CO.CO. The molecule has 0 aliphatic heterocycles. The molecule has 0 atom stereocenters. The Morgan fingerprint density at radius 2 is 0.464 bits per heavy atom. The predicted molar refractivity (Wildman–Crippen MR) is 484 cm³/mol. The van der Waals surface area contributed by atoms with Crippen molar-refractivity contribution in [2.24, 2.45) is 94.7 Å². The van der Waals surface area contributed by atoms with Gasteiger partial charge < -0.3 is 24.2 Å². The fraction of sp³-hybridized carbons (Fsp3) is 0.714. The summed E-state index contributed by atoms with van der Waals surface area (Å²) in [6.45, 7) is 27.2. The minimum Gasteiger partial charge on any atom is -0.422 e. The molecule has 0 amide bonds. The van der Waals surface area contributed by atoms with E-state index in [1.54, 1.807) is 135 Å². The van der Waals surface area contributed by atoms with Crippen LogP contribution in [0.25, 0.3) is 44.2 Å². The quantitative estimate of drug-likeness (QED) is 0.0733. The lowest BCUT2D eigenvalue weighted by atomic mass is 9.65. The zero-order valence-corrected chi connectivity index (χ0v) is 74.6. The maximum Gasteiger partial charge on any atom is 0.344 e. The van der Waals surface area contributed by atoms with Crippen LogP contribution in [0.2, 0.25) is 0 Å². The molecule has 8 aliphatic rings. The first-order valence-electron chi connectivity index (χ1n) is 47.3. The molecule has 112 heavy (non-hydrogen) atoms. The maximum absolute atomic E-state index is 12.2. The molecule has 2 heterocycles. The van der Waals surface area contributed by atoms with E-state index in [1.165, 1.54) is 151 Å². The molecule has 14 rings (SSSR count). The van der Waals surface area contributed by atoms with Crippen molar-refractivity contribution >= 4 is 21.9 Å². The number of fused-ring (bicyclic) bond motifs is 2. The summed E-state index contributed by atoms with van der Waals surface area (Å²) in [5, 5.41) is 22.9. The van der Waals surface area contributed by atoms with Gasteiger partial charge in [-0.25, -0.2) is 9.59 Å². The third kappa shape index (κ3) is 31.2. The molecule has 0 unspecified atom stereocenters. The van der Waals surface area contributed by atoms with Gasteiger partial charge in [0.05, 0.1) is 11.1 Å². The Kier molecular flexibility index (Phi) is 46.5. The zero-order valence-electron chi connectivity index (χ0n) is 74.6. The van der Waals surface area contributed by atoms with Gasteiger partial charge in [0.2, 0.25) is 0 Å². The molecule has 8 fully saturated rings. The average molecular weight is 1540 g/mol. The Morgan fingerprint density at radius 1 is 0.259 bits per heavy atom. The summed E-state index contributed by atoms with van der Waals surface area (Å²) in [6, 6.07) is 31.9. The molecule has 0 saturated heterocycles. The second-order valence-electron chi connectivity index (χ2n) is 36.2. The third-order valence-electron chi connectivity index (χ3n) is 30.0. The summed E-state index contributed by atoms with van der Waals surface area (Å²) in [7, 11) is 3.00. The highest BCUT2D eigenvalue weighted by molar-refractivity contribution is 5.83. The Bertz CT molecular complexity index is 3390. The molecule has 0 radical (unpaired) electrons. The van der Waals surface area contributed by atoms with E-state index in [-0.39, 0.29) is 11.3 Å². The summed E-state index contributed by atoms with van der Waals surface area (Å²) in [5.41, 5.74) is 8.56. The highest BCUT2D eigenvalue weighted by Crippen LogP contribution is 2.48. The van der Waals surface area contributed by atoms with Crippen LogP contribution < -0.4 is 11.3 Å². The summed E-state index contributed by atoms with van der Waals surface area (Å²) in [6.07, 6.45) is 65.3. The number of aliphatic hydroxyl groups is 3. The molecule has 0 spiro atoms. The van der Waals surface area contributed by atoms with Gasteiger partial charge in [-0.15, -0.1) is 0 Å². The minimum atomic E-state index is -0.283. The summed E-state index contributed by atoms with van der Waals surface area (Å²) in [5.74, 6) is 17.4. The van der Waals surface area contributed by atoms with Gasteiger partial charge >= 0.3 is 11.3 Å². The molecule has 0 bridgehead atoms. The summed E-state index contributed by atoms with van der Waals surface area (Å²) in [4.78, 5) is 24.4. The number of benzene rings is 4. The maximum atomic E-state index is 12.2. The van der Waals surface area contributed by atoms with E-state index in [4.69, 9.17) is 24.2 Å². The van der Waals surface area contributed by atoms with Crippen molar-refractivity contribution in [3.8, 4) is 22.3 Å². The van der Waals surface area contributed by atoms with Crippen molar-refractivity contribution in [2.75, 3.05) is 21.3 Å². The van der Waals surface area contributed by atoms with Crippen LogP contribution in [0.4, 0.5) is 0 Å². The highest BCUT2D eigenvalue weighted by Gasteiger charge is 2.35. The molecule has 2 aromatic heterocycles. The number of aryl methyl sites for hydroxylation is 4. The second-order valence-corrected chi connectivity index (χ2v) is 36.2. The fourth-order valence-corrected chi connectivity index (χ4v) is 21.4. The topological polar surface area (TPSA) is 121 Å². The Morgan fingerprint density at radius 3 is 0.696 bits per heavy atom. The van der Waals surface area contributed by atoms with Crippen molar-refractivity contribution in [1.29, 1.82) is 0 Å². The van der Waals surface area contributed by atoms with Crippen molar-refractivity contribution < 1.29 is 24.2 Å². The summed E-state index contributed by atoms with van der Waals surface area (Å²) >= 11 is 0. The Hall–Kier alpha value is -4.82. The van der Waals surface area contributed by atoms with E-state index in [0.717, 1.165) is 157 Å². The first-order chi connectivity index (χ1) is 54.7. The predicted octanol–water partition coefficient (Wildman–Crippen LogP) is 29.8. The van der Waals surface area contributed by atoms with Crippen LogP contribution in [0.3, 0.4) is 0 Å². The molecule has 4 aromatic carbocycles. The molecule has 7 nitrogen and oxygen atoms in total. The number of hydrogen-bond donors (Lipinski definition) is 3. The normalized spacial score (nSPS) is 27.6. The lowest BCUT2D eigenvalue weighted by Crippen LogP contribution is -2.29.